The van der Waals surface area contributed by atoms with Gasteiger partial charge in [-0.25, -0.2) is 0 Å². The van der Waals surface area contributed by atoms with Crippen molar-refractivity contribution in [2.75, 3.05) is 27.2 Å². The number of H-pyrrole nitrogens is 1. The van der Waals surface area contributed by atoms with Gasteiger partial charge in [0.2, 0.25) is 0 Å². The van der Waals surface area contributed by atoms with Crippen LogP contribution >= 0.6 is 0 Å². The number of aliphatic imine (C=N–C) groups is 1. The van der Waals surface area contributed by atoms with Crippen molar-refractivity contribution in [3.05, 3.63) is 48.2 Å². The molecule has 2 rings (SSSR count). The lowest BCUT2D eigenvalue weighted by Crippen LogP contribution is -2.40. The fraction of sp³-hybridized carbons (Fsp3) is 0.421. The van der Waals surface area contributed by atoms with Crippen molar-refractivity contribution in [3.8, 4) is 0 Å². The number of aromatic nitrogens is 1. The fourth-order valence-electron chi connectivity index (χ4n) is 2.84. The molecule has 0 amide bonds. The lowest BCUT2D eigenvalue weighted by Gasteiger charge is -2.21. The van der Waals surface area contributed by atoms with Crippen LogP contribution in [0.1, 0.15) is 24.0 Å². The van der Waals surface area contributed by atoms with Crippen LogP contribution in [0.2, 0.25) is 0 Å². The third-order valence-corrected chi connectivity index (χ3v) is 4.16. The molecular formula is C19H28N4. The third-order valence-electron chi connectivity index (χ3n) is 4.16. The minimum absolute atomic E-state index is 0.874. The molecule has 1 aromatic carbocycles. The molecule has 4 nitrogen and oxygen atoms in total. The number of nitrogens with zero attached hydrogens (tertiary/aromatic N) is 2. The van der Waals surface area contributed by atoms with Gasteiger partial charge in [-0.2, -0.15) is 0 Å². The van der Waals surface area contributed by atoms with E-state index in [4.69, 9.17) is 0 Å². The number of guanidine groups is 1. The Kier molecular flexibility index (Phi) is 6.27. The van der Waals surface area contributed by atoms with Gasteiger partial charge in [0, 0.05) is 44.3 Å². The van der Waals surface area contributed by atoms with Crippen LogP contribution in [0.3, 0.4) is 0 Å². The molecule has 2 N–H and O–H groups in total. The van der Waals surface area contributed by atoms with Gasteiger partial charge in [0.25, 0.3) is 0 Å². The summed E-state index contributed by atoms with van der Waals surface area (Å²) < 4.78 is 0. The molecule has 0 saturated heterocycles. The molecule has 1 aromatic heterocycles. The summed E-state index contributed by atoms with van der Waals surface area (Å²) in [4.78, 5) is 9.92. The van der Waals surface area contributed by atoms with Crippen molar-refractivity contribution >= 4 is 16.9 Å². The molecule has 2 aromatic rings. The Morgan fingerprint density at radius 2 is 2.26 bits per heavy atom. The summed E-state index contributed by atoms with van der Waals surface area (Å²) in [5.74, 6) is 0.949. The van der Waals surface area contributed by atoms with E-state index in [9.17, 15) is 0 Å². The molecule has 1 heterocycles. The van der Waals surface area contributed by atoms with Crippen LogP contribution in [0.25, 0.3) is 10.9 Å². The molecule has 0 atom stereocenters. The number of benzene rings is 1. The number of hydrogen-bond acceptors (Lipinski definition) is 1. The summed E-state index contributed by atoms with van der Waals surface area (Å²) in [7, 11) is 3.91. The van der Waals surface area contributed by atoms with Crippen molar-refractivity contribution in [2.24, 2.45) is 4.99 Å². The van der Waals surface area contributed by atoms with Gasteiger partial charge in [0.15, 0.2) is 5.96 Å². The van der Waals surface area contributed by atoms with E-state index in [-0.39, 0.29) is 0 Å². The number of fused-ring (bicyclic) bond motifs is 1. The van der Waals surface area contributed by atoms with Crippen LogP contribution in [-0.4, -0.2) is 43.0 Å². The first-order valence-electron chi connectivity index (χ1n) is 8.25. The van der Waals surface area contributed by atoms with E-state index >= 15 is 0 Å². The van der Waals surface area contributed by atoms with Crippen LogP contribution in [-0.2, 0) is 6.42 Å². The molecule has 124 valence electrons. The molecule has 0 fully saturated rings. The van der Waals surface area contributed by atoms with Crippen molar-refractivity contribution in [2.45, 2.75) is 26.2 Å². The van der Waals surface area contributed by atoms with E-state index in [0.29, 0.717) is 0 Å². The number of hydrogen-bond donors (Lipinski definition) is 2. The molecular weight excluding hydrogens is 284 g/mol. The Balaban J connectivity index is 1.89. The Morgan fingerprint density at radius 1 is 1.43 bits per heavy atom. The lowest BCUT2D eigenvalue weighted by atomic mass is 10.1. The molecule has 0 saturated carbocycles. The SMILES string of the molecule is C=CCCCN(C)C(=NC)NCCc1c[nH]c2c(C)cccc12. The molecule has 0 aliphatic heterocycles. The lowest BCUT2D eigenvalue weighted by molar-refractivity contribution is 0.470. The number of allylic oxidation sites excluding steroid dienone is 1. The topological polar surface area (TPSA) is 43.4 Å². The van der Waals surface area contributed by atoms with Gasteiger partial charge < -0.3 is 15.2 Å². The molecule has 0 aliphatic carbocycles. The van der Waals surface area contributed by atoms with E-state index < -0.39 is 0 Å². The molecule has 0 unspecified atom stereocenters. The Hall–Kier alpha value is -2.23. The first kappa shape index (κ1) is 17.1. The minimum Gasteiger partial charge on any atom is -0.361 e. The second-order valence-corrected chi connectivity index (χ2v) is 5.89. The maximum Gasteiger partial charge on any atom is 0.193 e. The Labute approximate surface area is 139 Å². The van der Waals surface area contributed by atoms with Gasteiger partial charge in [0.1, 0.15) is 0 Å². The van der Waals surface area contributed by atoms with E-state index in [1.807, 2.05) is 13.1 Å². The van der Waals surface area contributed by atoms with Crippen LogP contribution in [0.5, 0.6) is 0 Å². The standard InChI is InChI=1S/C19H28N4/c1-5-6-7-13-23(4)19(20-3)21-12-11-16-14-22-18-15(2)9-8-10-17(16)18/h5,8-10,14,22H,1,6-7,11-13H2,2-4H3,(H,20,21). The minimum atomic E-state index is 0.874. The van der Waals surface area contributed by atoms with Crippen molar-refractivity contribution in [1.29, 1.82) is 0 Å². The number of rotatable bonds is 7. The number of para-hydroxylation sites is 1. The van der Waals surface area contributed by atoms with Gasteiger partial charge in [-0.3, -0.25) is 4.99 Å². The molecule has 23 heavy (non-hydrogen) atoms. The highest BCUT2D eigenvalue weighted by molar-refractivity contribution is 5.86. The Bertz CT molecular complexity index is 669. The predicted octanol–water partition coefficient (Wildman–Crippen LogP) is 3.49. The predicted molar refractivity (Wildman–Crippen MR) is 100 cm³/mol. The largest absolute Gasteiger partial charge is 0.361 e. The summed E-state index contributed by atoms with van der Waals surface area (Å²) in [5.41, 5.74) is 3.88. The van der Waals surface area contributed by atoms with Gasteiger partial charge in [-0.05, 0) is 37.3 Å². The number of nitrogens with one attached hydrogen (secondary N) is 2. The third kappa shape index (κ3) is 4.38. The fourth-order valence-corrected chi connectivity index (χ4v) is 2.84. The van der Waals surface area contributed by atoms with Crippen LogP contribution < -0.4 is 5.32 Å². The van der Waals surface area contributed by atoms with E-state index in [2.05, 4.69) is 65.1 Å². The molecule has 0 radical (unpaired) electrons. The zero-order valence-electron chi connectivity index (χ0n) is 14.5. The molecule has 4 heteroatoms. The maximum atomic E-state index is 4.36. The normalized spacial score (nSPS) is 11.7. The van der Waals surface area contributed by atoms with Gasteiger partial charge in [-0.1, -0.05) is 24.3 Å². The van der Waals surface area contributed by atoms with Crippen molar-refractivity contribution in [1.82, 2.24) is 15.2 Å². The number of unbranched alkanes of at least 4 members (excludes halogenated alkanes) is 1. The van der Waals surface area contributed by atoms with Crippen molar-refractivity contribution < 1.29 is 0 Å². The summed E-state index contributed by atoms with van der Waals surface area (Å²) in [6.45, 7) is 7.76. The van der Waals surface area contributed by atoms with Crippen LogP contribution in [0.15, 0.2) is 42.0 Å². The molecule has 0 bridgehead atoms. The first-order valence-corrected chi connectivity index (χ1v) is 8.25. The summed E-state index contributed by atoms with van der Waals surface area (Å²) in [5, 5.41) is 4.77. The zero-order valence-corrected chi connectivity index (χ0v) is 14.5. The highest BCUT2D eigenvalue weighted by Gasteiger charge is 2.07. The van der Waals surface area contributed by atoms with Crippen molar-refractivity contribution in [3.63, 3.8) is 0 Å². The first-order chi connectivity index (χ1) is 11.2. The monoisotopic (exact) mass is 312 g/mol. The average molecular weight is 312 g/mol. The zero-order chi connectivity index (χ0) is 16.7. The summed E-state index contributed by atoms with van der Waals surface area (Å²) in [6, 6.07) is 6.44. The second-order valence-electron chi connectivity index (χ2n) is 5.89. The van der Waals surface area contributed by atoms with Gasteiger partial charge in [0.05, 0.1) is 0 Å². The van der Waals surface area contributed by atoms with E-state index in [1.54, 1.807) is 0 Å². The molecule has 0 aliphatic rings. The molecule has 0 spiro atoms. The number of aryl methyl sites for hydroxylation is 1. The quantitative estimate of drug-likeness (QED) is 0.356. The second kappa shape index (κ2) is 8.42. The van der Waals surface area contributed by atoms with Gasteiger partial charge in [-0.15, -0.1) is 6.58 Å². The average Bonchev–Trinajstić information content (AvgIpc) is 2.96. The van der Waals surface area contributed by atoms with E-state index in [1.165, 1.54) is 22.0 Å². The number of aromatic amines is 1. The van der Waals surface area contributed by atoms with E-state index in [0.717, 1.165) is 38.3 Å². The summed E-state index contributed by atoms with van der Waals surface area (Å²) >= 11 is 0. The highest BCUT2D eigenvalue weighted by Crippen LogP contribution is 2.21. The van der Waals surface area contributed by atoms with Crippen LogP contribution in [0, 0.1) is 6.92 Å². The highest BCUT2D eigenvalue weighted by atomic mass is 15.3. The Morgan fingerprint density at radius 3 is 3.00 bits per heavy atom. The smallest absolute Gasteiger partial charge is 0.193 e. The maximum absolute atomic E-state index is 4.36. The van der Waals surface area contributed by atoms with Crippen LogP contribution in [0.4, 0.5) is 0 Å². The summed E-state index contributed by atoms with van der Waals surface area (Å²) in [6.07, 6.45) is 7.19. The van der Waals surface area contributed by atoms with Gasteiger partial charge >= 0.3 is 0 Å².